The summed E-state index contributed by atoms with van der Waals surface area (Å²) in [5, 5.41) is 8.66. The lowest BCUT2D eigenvalue weighted by atomic mass is 10.2. The maximum Gasteiger partial charge on any atom is 0.253 e. The van der Waals surface area contributed by atoms with Crippen LogP contribution in [0, 0.1) is 0 Å². The number of benzene rings is 2. The molecule has 4 aromatic rings. The number of amides is 1. The van der Waals surface area contributed by atoms with Crippen molar-refractivity contribution in [3.63, 3.8) is 0 Å². The Morgan fingerprint density at radius 1 is 0.872 bits per heavy atom. The van der Waals surface area contributed by atoms with Crippen molar-refractivity contribution in [2.45, 2.75) is 11.4 Å². The lowest BCUT2D eigenvalue weighted by Gasteiger charge is -2.35. The second-order valence-electron chi connectivity index (χ2n) is 9.42. The van der Waals surface area contributed by atoms with Gasteiger partial charge in [-0.25, -0.2) is 23.1 Å². The SMILES string of the molecule is O=C(c1ccc(S(=O)(=O)N2CCOCC2)cc1)N1CCN(c2ncnc3c2nnn3Cc2ccccc2)CC1. The Morgan fingerprint density at radius 3 is 2.31 bits per heavy atom. The van der Waals surface area contributed by atoms with Crippen LogP contribution in [0.5, 0.6) is 0 Å². The zero-order valence-corrected chi connectivity index (χ0v) is 22.1. The first-order valence-corrected chi connectivity index (χ1v) is 14.2. The van der Waals surface area contributed by atoms with Crippen LogP contribution >= 0.6 is 0 Å². The minimum atomic E-state index is -3.60. The molecule has 0 saturated carbocycles. The predicted octanol–water partition coefficient (Wildman–Crippen LogP) is 1.25. The summed E-state index contributed by atoms with van der Waals surface area (Å²) in [6.45, 7) is 4.13. The van der Waals surface area contributed by atoms with Gasteiger partial charge in [0, 0.05) is 44.8 Å². The number of hydrogen-bond donors (Lipinski definition) is 0. The first-order valence-electron chi connectivity index (χ1n) is 12.8. The Balaban J connectivity index is 1.12. The number of sulfonamides is 1. The zero-order valence-electron chi connectivity index (χ0n) is 21.3. The second-order valence-corrected chi connectivity index (χ2v) is 11.4. The summed E-state index contributed by atoms with van der Waals surface area (Å²) in [5.41, 5.74) is 2.85. The maximum absolute atomic E-state index is 13.2. The molecule has 2 aliphatic rings. The van der Waals surface area contributed by atoms with E-state index in [0.29, 0.717) is 81.6 Å². The molecule has 202 valence electrons. The van der Waals surface area contributed by atoms with Crippen LogP contribution in [-0.2, 0) is 21.3 Å². The van der Waals surface area contributed by atoms with Crippen LogP contribution in [0.1, 0.15) is 15.9 Å². The molecular formula is C26H28N8O4S. The maximum atomic E-state index is 13.2. The molecule has 1 amide bonds. The molecule has 6 rings (SSSR count). The average Bonchev–Trinajstić information content (AvgIpc) is 3.40. The summed E-state index contributed by atoms with van der Waals surface area (Å²) in [4.78, 5) is 26.1. The number of carbonyl (C=O) groups excluding carboxylic acids is 1. The summed E-state index contributed by atoms with van der Waals surface area (Å²) in [7, 11) is -3.60. The molecule has 2 fully saturated rings. The van der Waals surface area contributed by atoms with Gasteiger partial charge in [0.25, 0.3) is 5.91 Å². The Hall–Kier alpha value is -3.94. The molecule has 0 unspecified atom stereocenters. The van der Waals surface area contributed by atoms with Gasteiger partial charge in [-0.05, 0) is 29.8 Å². The summed E-state index contributed by atoms with van der Waals surface area (Å²) in [5.74, 6) is 0.565. The lowest BCUT2D eigenvalue weighted by Crippen LogP contribution is -2.49. The van der Waals surface area contributed by atoms with Gasteiger partial charge in [-0.1, -0.05) is 35.5 Å². The van der Waals surface area contributed by atoms with E-state index in [-0.39, 0.29) is 10.8 Å². The van der Waals surface area contributed by atoms with Crippen LogP contribution in [0.25, 0.3) is 11.2 Å². The normalized spacial score (nSPS) is 17.0. The van der Waals surface area contributed by atoms with Gasteiger partial charge < -0.3 is 14.5 Å². The van der Waals surface area contributed by atoms with E-state index in [1.807, 2.05) is 30.3 Å². The fourth-order valence-corrected chi connectivity index (χ4v) is 6.29. The molecule has 0 atom stereocenters. The van der Waals surface area contributed by atoms with Gasteiger partial charge in [0.1, 0.15) is 6.33 Å². The lowest BCUT2D eigenvalue weighted by molar-refractivity contribution is 0.0730. The average molecular weight is 549 g/mol. The number of aromatic nitrogens is 5. The van der Waals surface area contributed by atoms with Crippen LogP contribution in [0.4, 0.5) is 5.82 Å². The molecule has 39 heavy (non-hydrogen) atoms. The highest BCUT2D eigenvalue weighted by molar-refractivity contribution is 7.89. The van der Waals surface area contributed by atoms with E-state index < -0.39 is 10.0 Å². The standard InChI is InChI=1S/C26H28N8O4S/c35-26(21-6-8-22(9-7-21)39(36,37)33-14-16-38-17-15-33)32-12-10-31(11-13-32)24-23-25(28-19-27-24)34(30-29-23)18-20-4-2-1-3-5-20/h1-9,19H,10-18H2. The first-order chi connectivity index (χ1) is 19.0. The van der Waals surface area contributed by atoms with E-state index in [0.717, 1.165) is 5.56 Å². The van der Waals surface area contributed by atoms with E-state index >= 15 is 0 Å². The fraction of sp³-hybridized carbons (Fsp3) is 0.346. The molecule has 4 heterocycles. The second kappa shape index (κ2) is 10.7. The highest BCUT2D eigenvalue weighted by atomic mass is 32.2. The Labute approximate surface area is 225 Å². The van der Waals surface area contributed by atoms with Crippen molar-refractivity contribution < 1.29 is 17.9 Å². The van der Waals surface area contributed by atoms with E-state index in [9.17, 15) is 13.2 Å². The number of anilines is 1. The number of morpholine rings is 1. The number of piperazine rings is 1. The van der Waals surface area contributed by atoms with Crippen molar-refractivity contribution in [3.05, 3.63) is 72.1 Å². The monoisotopic (exact) mass is 548 g/mol. The van der Waals surface area contributed by atoms with Crippen LogP contribution in [0.15, 0.2) is 65.8 Å². The quantitative estimate of drug-likeness (QED) is 0.350. The third-order valence-corrected chi connectivity index (χ3v) is 8.94. The molecule has 0 N–H and O–H groups in total. The van der Waals surface area contributed by atoms with Gasteiger partial charge >= 0.3 is 0 Å². The molecule has 2 aromatic heterocycles. The van der Waals surface area contributed by atoms with E-state index in [1.165, 1.54) is 22.8 Å². The molecule has 0 radical (unpaired) electrons. The fourth-order valence-electron chi connectivity index (χ4n) is 4.88. The van der Waals surface area contributed by atoms with Gasteiger partial charge in [0.05, 0.1) is 24.7 Å². The minimum Gasteiger partial charge on any atom is -0.379 e. The molecule has 0 bridgehead atoms. The smallest absolute Gasteiger partial charge is 0.253 e. The summed E-state index contributed by atoms with van der Waals surface area (Å²) >= 11 is 0. The van der Waals surface area contributed by atoms with Gasteiger partial charge in [-0.15, -0.1) is 5.10 Å². The highest BCUT2D eigenvalue weighted by Gasteiger charge is 2.28. The number of nitrogens with zero attached hydrogens (tertiary/aromatic N) is 8. The number of hydrogen-bond acceptors (Lipinski definition) is 9. The molecule has 0 aliphatic carbocycles. The largest absolute Gasteiger partial charge is 0.379 e. The highest BCUT2D eigenvalue weighted by Crippen LogP contribution is 2.23. The zero-order chi connectivity index (χ0) is 26.8. The van der Waals surface area contributed by atoms with Crippen molar-refractivity contribution in [1.29, 1.82) is 0 Å². The van der Waals surface area contributed by atoms with Crippen molar-refractivity contribution >= 4 is 32.9 Å². The Bertz CT molecular complexity index is 1560. The molecule has 13 heteroatoms. The third kappa shape index (κ3) is 5.07. The number of rotatable bonds is 6. The van der Waals surface area contributed by atoms with Crippen molar-refractivity contribution in [1.82, 2.24) is 34.2 Å². The van der Waals surface area contributed by atoms with Crippen molar-refractivity contribution in [2.24, 2.45) is 0 Å². The first kappa shape index (κ1) is 25.3. The van der Waals surface area contributed by atoms with Gasteiger partial charge in [-0.2, -0.15) is 4.31 Å². The van der Waals surface area contributed by atoms with Crippen LogP contribution in [0.2, 0.25) is 0 Å². The summed E-state index contributed by atoms with van der Waals surface area (Å²) in [6, 6.07) is 16.2. The number of carbonyl (C=O) groups is 1. The molecule has 2 aliphatic heterocycles. The Kier molecular flexibility index (Phi) is 6.94. The predicted molar refractivity (Wildman–Crippen MR) is 143 cm³/mol. The van der Waals surface area contributed by atoms with Crippen molar-refractivity contribution in [3.8, 4) is 0 Å². The van der Waals surface area contributed by atoms with Crippen LogP contribution < -0.4 is 4.90 Å². The summed E-state index contributed by atoms with van der Waals surface area (Å²) < 4.78 is 34.2. The Morgan fingerprint density at radius 2 is 1.59 bits per heavy atom. The summed E-state index contributed by atoms with van der Waals surface area (Å²) in [6.07, 6.45) is 1.52. The van der Waals surface area contributed by atoms with Crippen LogP contribution in [0.3, 0.4) is 0 Å². The molecule has 0 spiro atoms. The van der Waals surface area contributed by atoms with Gasteiger partial charge in [0.15, 0.2) is 17.0 Å². The van der Waals surface area contributed by atoms with Crippen molar-refractivity contribution in [2.75, 3.05) is 57.4 Å². The molecular weight excluding hydrogens is 520 g/mol. The van der Waals surface area contributed by atoms with E-state index in [4.69, 9.17) is 4.74 Å². The molecule has 12 nitrogen and oxygen atoms in total. The van der Waals surface area contributed by atoms with Crippen LogP contribution in [-0.4, -0.2) is 101 Å². The minimum absolute atomic E-state index is 0.133. The topological polar surface area (TPSA) is 127 Å². The van der Waals surface area contributed by atoms with E-state index in [2.05, 4.69) is 25.2 Å². The van der Waals surface area contributed by atoms with E-state index in [1.54, 1.807) is 21.7 Å². The molecule has 2 saturated heterocycles. The third-order valence-electron chi connectivity index (χ3n) is 7.03. The number of fused-ring (bicyclic) bond motifs is 1. The number of ether oxygens (including phenoxy) is 1. The van der Waals surface area contributed by atoms with Gasteiger partial charge in [-0.3, -0.25) is 4.79 Å². The van der Waals surface area contributed by atoms with Gasteiger partial charge in [0.2, 0.25) is 10.0 Å². The molecule has 2 aromatic carbocycles.